The van der Waals surface area contributed by atoms with Crippen LogP contribution in [0.4, 0.5) is 14.5 Å². The number of para-hydroxylation sites is 1. The quantitative estimate of drug-likeness (QED) is 0.722. The molecular weight excluding hydrogens is 355 g/mol. The number of carbonyl (C=O) groups is 1. The Bertz CT molecular complexity index is 761. The van der Waals surface area contributed by atoms with Crippen molar-refractivity contribution in [3.63, 3.8) is 0 Å². The van der Waals surface area contributed by atoms with Gasteiger partial charge < -0.3 is 4.90 Å². The van der Waals surface area contributed by atoms with Crippen molar-refractivity contribution in [1.29, 1.82) is 0 Å². The standard InChI is InChI=1S/C18H15Cl2F2NO/c19-14-2-1-3-15(20)18(14)23-10-11(4-7-17(23)24)8-12-5-6-13(21)9-16(12)22/h1-3,5-6,9,11H,4,7-8,10H2/t11-/m0/s1. The van der Waals surface area contributed by atoms with Crippen LogP contribution >= 0.6 is 23.2 Å². The predicted octanol–water partition coefficient (Wildman–Crippen LogP) is 5.26. The van der Waals surface area contributed by atoms with Crippen LogP contribution in [-0.2, 0) is 11.2 Å². The maximum atomic E-state index is 13.9. The Labute approximate surface area is 149 Å². The molecule has 1 aliphatic rings. The van der Waals surface area contributed by atoms with Gasteiger partial charge in [-0.05, 0) is 42.5 Å². The molecule has 2 nitrogen and oxygen atoms in total. The number of anilines is 1. The molecule has 24 heavy (non-hydrogen) atoms. The van der Waals surface area contributed by atoms with Crippen molar-refractivity contribution in [3.05, 3.63) is 63.6 Å². The van der Waals surface area contributed by atoms with Crippen molar-refractivity contribution in [2.45, 2.75) is 19.3 Å². The van der Waals surface area contributed by atoms with Gasteiger partial charge in [-0.2, -0.15) is 0 Å². The van der Waals surface area contributed by atoms with Crippen LogP contribution in [0, 0.1) is 17.6 Å². The molecule has 0 aliphatic carbocycles. The molecule has 2 aromatic rings. The molecule has 3 rings (SSSR count). The van der Waals surface area contributed by atoms with E-state index in [4.69, 9.17) is 23.2 Å². The van der Waals surface area contributed by atoms with E-state index in [9.17, 15) is 13.6 Å². The molecule has 126 valence electrons. The third-order valence-corrected chi connectivity index (χ3v) is 4.85. The lowest BCUT2D eigenvalue weighted by molar-refractivity contribution is -0.120. The molecule has 1 heterocycles. The molecule has 0 spiro atoms. The van der Waals surface area contributed by atoms with Crippen molar-refractivity contribution in [3.8, 4) is 0 Å². The number of amides is 1. The van der Waals surface area contributed by atoms with E-state index in [0.717, 1.165) is 6.07 Å². The molecule has 0 aromatic heterocycles. The van der Waals surface area contributed by atoms with Crippen LogP contribution in [0.5, 0.6) is 0 Å². The summed E-state index contributed by atoms with van der Waals surface area (Å²) in [5.74, 6) is -1.16. The van der Waals surface area contributed by atoms with Gasteiger partial charge in [0, 0.05) is 19.0 Å². The highest BCUT2D eigenvalue weighted by Gasteiger charge is 2.29. The van der Waals surface area contributed by atoms with Gasteiger partial charge in [-0.25, -0.2) is 8.78 Å². The van der Waals surface area contributed by atoms with E-state index in [1.54, 1.807) is 23.1 Å². The van der Waals surface area contributed by atoms with Crippen LogP contribution in [-0.4, -0.2) is 12.5 Å². The Morgan fingerprint density at radius 2 is 1.83 bits per heavy atom. The molecule has 0 radical (unpaired) electrons. The smallest absolute Gasteiger partial charge is 0.227 e. The van der Waals surface area contributed by atoms with Gasteiger partial charge in [0.2, 0.25) is 5.91 Å². The Kier molecular flexibility index (Phi) is 5.07. The second kappa shape index (κ2) is 7.08. The van der Waals surface area contributed by atoms with Gasteiger partial charge >= 0.3 is 0 Å². The van der Waals surface area contributed by atoms with E-state index < -0.39 is 11.6 Å². The zero-order valence-electron chi connectivity index (χ0n) is 12.7. The molecular formula is C18H15Cl2F2NO. The van der Waals surface area contributed by atoms with E-state index in [-0.39, 0.29) is 11.8 Å². The highest BCUT2D eigenvalue weighted by molar-refractivity contribution is 6.39. The molecule has 0 bridgehead atoms. The lowest BCUT2D eigenvalue weighted by Gasteiger charge is -2.33. The molecule has 6 heteroatoms. The number of benzene rings is 2. The topological polar surface area (TPSA) is 20.3 Å². The number of halogens is 4. The van der Waals surface area contributed by atoms with Crippen LogP contribution in [0.15, 0.2) is 36.4 Å². The second-order valence-electron chi connectivity index (χ2n) is 5.92. The first kappa shape index (κ1) is 17.2. The maximum absolute atomic E-state index is 13.9. The summed E-state index contributed by atoms with van der Waals surface area (Å²) in [6, 6.07) is 8.65. The van der Waals surface area contributed by atoms with E-state index in [0.29, 0.717) is 47.1 Å². The molecule has 1 atom stereocenters. The van der Waals surface area contributed by atoms with Crippen molar-refractivity contribution >= 4 is 34.8 Å². The minimum Gasteiger partial charge on any atom is -0.309 e. The first-order valence-corrected chi connectivity index (χ1v) is 8.39. The van der Waals surface area contributed by atoms with Gasteiger partial charge in [0.15, 0.2) is 0 Å². The maximum Gasteiger partial charge on any atom is 0.227 e. The zero-order valence-corrected chi connectivity index (χ0v) is 14.2. The monoisotopic (exact) mass is 369 g/mol. The van der Waals surface area contributed by atoms with Gasteiger partial charge in [-0.15, -0.1) is 0 Å². The van der Waals surface area contributed by atoms with E-state index in [2.05, 4.69) is 0 Å². The van der Waals surface area contributed by atoms with Gasteiger partial charge in [-0.1, -0.05) is 35.3 Å². The summed E-state index contributed by atoms with van der Waals surface area (Å²) in [6.45, 7) is 0.402. The first-order chi connectivity index (χ1) is 11.5. The summed E-state index contributed by atoms with van der Waals surface area (Å²) < 4.78 is 26.9. The van der Waals surface area contributed by atoms with Crippen LogP contribution < -0.4 is 4.90 Å². The van der Waals surface area contributed by atoms with E-state index in [1.807, 2.05) is 0 Å². The average Bonchev–Trinajstić information content (AvgIpc) is 2.53. The number of hydrogen-bond acceptors (Lipinski definition) is 1. The summed E-state index contributed by atoms with van der Waals surface area (Å²) in [4.78, 5) is 13.9. The SMILES string of the molecule is O=C1CC[C@@H](Cc2ccc(F)cc2F)CN1c1c(Cl)cccc1Cl. The highest BCUT2D eigenvalue weighted by Crippen LogP contribution is 2.37. The molecule has 1 saturated heterocycles. The summed E-state index contributed by atoms with van der Waals surface area (Å²) in [5, 5.41) is 0.814. The van der Waals surface area contributed by atoms with Crippen LogP contribution in [0.3, 0.4) is 0 Å². The van der Waals surface area contributed by atoms with Gasteiger partial charge in [-0.3, -0.25) is 4.79 Å². The molecule has 0 saturated carbocycles. The summed E-state index contributed by atoms with van der Waals surface area (Å²) in [5.41, 5.74) is 0.941. The Morgan fingerprint density at radius 1 is 1.12 bits per heavy atom. The Hall–Kier alpha value is -1.65. The fourth-order valence-electron chi connectivity index (χ4n) is 3.04. The molecule has 1 aliphatic heterocycles. The van der Waals surface area contributed by atoms with Gasteiger partial charge in [0.25, 0.3) is 0 Å². The van der Waals surface area contributed by atoms with Crippen molar-refractivity contribution in [2.24, 2.45) is 5.92 Å². The third-order valence-electron chi connectivity index (χ3n) is 4.24. The number of nitrogens with zero attached hydrogens (tertiary/aromatic N) is 1. The normalized spacial score (nSPS) is 18.1. The fourth-order valence-corrected chi connectivity index (χ4v) is 3.64. The number of rotatable bonds is 3. The zero-order chi connectivity index (χ0) is 17.3. The summed E-state index contributed by atoms with van der Waals surface area (Å²) >= 11 is 12.4. The molecule has 1 fully saturated rings. The lowest BCUT2D eigenvalue weighted by Crippen LogP contribution is -2.41. The van der Waals surface area contributed by atoms with Gasteiger partial charge in [0.05, 0.1) is 15.7 Å². The molecule has 2 aromatic carbocycles. The first-order valence-electron chi connectivity index (χ1n) is 7.64. The Morgan fingerprint density at radius 3 is 2.50 bits per heavy atom. The van der Waals surface area contributed by atoms with Crippen molar-refractivity contribution in [1.82, 2.24) is 0 Å². The third kappa shape index (κ3) is 3.55. The summed E-state index contributed by atoms with van der Waals surface area (Å²) in [7, 11) is 0. The van der Waals surface area contributed by atoms with E-state index in [1.165, 1.54) is 12.1 Å². The molecule has 1 amide bonds. The molecule has 0 N–H and O–H groups in total. The minimum atomic E-state index is -0.598. The largest absolute Gasteiger partial charge is 0.309 e. The number of hydrogen-bond donors (Lipinski definition) is 0. The average molecular weight is 370 g/mol. The number of carbonyl (C=O) groups excluding carboxylic acids is 1. The minimum absolute atomic E-state index is 0.0509. The van der Waals surface area contributed by atoms with Crippen molar-refractivity contribution in [2.75, 3.05) is 11.4 Å². The van der Waals surface area contributed by atoms with Crippen LogP contribution in [0.2, 0.25) is 10.0 Å². The molecule has 0 unspecified atom stereocenters. The number of piperidine rings is 1. The highest BCUT2D eigenvalue weighted by atomic mass is 35.5. The predicted molar refractivity (Wildman–Crippen MR) is 91.6 cm³/mol. The summed E-state index contributed by atoms with van der Waals surface area (Å²) in [6.07, 6.45) is 1.42. The fraction of sp³-hybridized carbons (Fsp3) is 0.278. The lowest BCUT2D eigenvalue weighted by atomic mass is 9.90. The van der Waals surface area contributed by atoms with Crippen LogP contribution in [0.25, 0.3) is 0 Å². The van der Waals surface area contributed by atoms with Crippen LogP contribution in [0.1, 0.15) is 18.4 Å². The van der Waals surface area contributed by atoms with Crippen molar-refractivity contribution < 1.29 is 13.6 Å². The van der Waals surface area contributed by atoms with E-state index >= 15 is 0 Å². The van der Waals surface area contributed by atoms with Gasteiger partial charge in [0.1, 0.15) is 11.6 Å². The Balaban J connectivity index is 1.82. The second-order valence-corrected chi connectivity index (χ2v) is 6.73.